The van der Waals surface area contributed by atoms with Crippen LogP contribution in [0.5, 0.6) is 5.75 Å². The summed E-state index contributed by atoms with van der Waals surface area (Å²) in [6, 6.07) is 10.3. The highest BCUT2D eigenvalue weighted by atomic mass is 16.5. The smallest absolute Gasteiger partial charge is 0.130 e. The third-order valence-corrected chi connectivity index (χ3v) is 3.31. The number of rotatable bonds is 5. The van der Waals surface area contributed by atoms with E-state index in [1.165, 1.54) is 0 Å². The molecule has 0 aliphatic carbocycles. The van der Waals surface area contributed by atoms with Gasteiger partial charge in [-0.1, -0.05) is 24.3 Å². The molecule has 3 heteroatoms. The molecule has 1 aromatic heterocycles. The van der Waals surface area contributed by atoms with Crippen LogP contribution in [0, 0.1) is 13.8 Å². The van der Waals surface area contributed by atoms with Crippen LogP contribution in [0.1, 0.15) is 29.3 Å². The molecule has 0 saturated heterocycles. The molecular formula is C17H22N2O. The molecule has 0 amide bonds. The Balaban J connectivity index is 2.18. The maximum atomic E-state index is 6.02. The second-order valence-electron chi connectivity index (χ2n) is 5.30. The molecule has 106 valence electrons. The van der Waals surface area contributed by atoms with E-state index in [2.05, 4.69) is 24.0 Å². The second-order valence-corrected chi connectivity index (χ2v) is 5.30. The minimum Gasteiger partial charge on any atom is -0.487 e. The molecule has 0 aliphatic heterocycles. The summed E-state index contributed by atoms with van der Waals surface area (Å²) in [4.78, 5) is 4.36. The molecule has 20 heavy (non-hydrogen) atoms. The Morgan fingerprint density at radius 1 is 1.15 bits per heavy atom. The Kier molecular flexibility index (Phi) is 4.74. The highest BCUT2D eigenvalue weighted by Crippen LogP contribution is 2.25. The van der Waals surface area contributed by atoms with Crippen molar-refractivity contribution in [3.05, 3.63) is 58.9 Å². The molecular weight excluding hydrogens is 248 g/mol. The van der Waals surface area contributed by atoms with Crippen molar-refractivity contribution in [1.82, 2.24) is 4.98 Å². The molecule has 0 saturated carbocycles. The molecule has 2 aromatic rings. The number of aromatic nitrogens is 1. The van der Waals surface area contributed by atoms with Crippen LogP contribution in [0.25, 0.3) is 0 Å². The Morgan fingerprint density at radius 2 is 1.90 bits per heavy atom. The minimum absolute atomic E-state index is 0.121. The van der Waals surface area contributed by atoms with Gasteiger partial charge in [-0.05, 0) is 49.9 Å². The zero-order chi connectivity index (χ0) is 14.5. The molecule has 3 nitrogen and oxygen atoms in total. The Bertz CT molecular complexity index is 579. The van der Waals surface area contributed by atoms with E-state index in [1.807, 2.05) is 32.0 Å². The zero-order valence-electron chi connectivity index (χ0n) is 12.4. The fraction of sp³-hybridized carbons (Fsp3) is 0.353. The number of aryl methyl sites for hydroxylation is 2. The summed E-state index contributed by atoms with van der Waals surface area (Å²) in [5.74, 6) is 0.940. The predicted octanol–water partition coefficient (Wildman–Crippen LogP) is 3.17. The van der Waals surface area contributed by atoms with Crippen LogP contribution in [0.4, 0.5) is 0 Å². The van der Waals surface area contributed by atoms with Crippen molar-refractivity contribution in [1.29, 1.82) is 0 Å². The summed E-state index contributed by atoms with van der Waals surface area (Å²) in [6.45, 7) is 6.61. The van der Waals surface area contributed by atoms with Gasteiger partial charge in [0.1, 0.15) is 12.4 Å². The molecule has 2 rings (SSSR count). The number of benzene rings is 1. The second kappa shape index (κ2) is 6.53. The summed E-state index contributed by atoms with van der Waals surface area (Å²) in [5.41, 5.74) is 10.3. The standard InChI is InChI=1S/C17H22N2O/c1-12-7-5-9-19-16(12)11-20-17-13(2)6-4-8-15(17)10-14(3)18/h4-9,14H,10-11,18H2,1-3H3. The van der Waals surface area contributed by atoms with Crippen LogP contribution in [-0.2, 0) is 13.0 Å². The molecule has 0 spiro atoms. The van der Waals surface area contributed by atoms with Gasteiger partial charge < -0.3 is 10.5 Å². The highest BCUT2D eigenvalue weighted by Gasteiger charge is 2.10. The number of hydrogen-bond donors (Lipinski definition) is 1. The van der Waals surface area contributed by atoms with Crippen LogP contribution >= 0.6 is 0 Å². The van der Waals surface area contributed by atoms with Gasteiger partial charge in [-0.15, -0.1) is 0 Å². The van der Waals surface area contributed by atoms with Crippen molar-refractivity contribution in [3.8, 4) is 5.75 Å². The number of nitrogens with zero attached hydrogens (tertiary/aromatic N) is 1. The lowest BCUT2D eigenvalue weighted by atomic mass is 10.0. The van der Waals surface area contributed by atoms with E-state index in [0.29, 0.717) is 6.61 Å². The van der Waals surface area contributed by atoms with E-state index < -0.39 is 0 Å². The summed E-state index contributed by atoms with van der Waals surface area (Å²) in [6.07, 6.45) is 2.62. The predicted molar refractivity (Wildman–Crippen MR) is 81.8 cm³/mol. The number of para-hydroxylation sites is 1. The average Bonchev–Trinajstić information content (AvgIpc) is 2.39. The van der Waals surface area contributed by atoms with E-state index in [1.54, 1.807) is 6.20 Å². The Hall–Kier alpha value is -1.87. The van der Waals surface area contributed by atoms with E-state index >= 15 is 0 Å². The van der Waals surface area contributed by atoms with Crippen LogP contribution in [0.15, 0.2) is 36.5 Å². The summed E-state index contributed by atoms with van der Waals surface area (Å²) in [7, 11) is 0. The van der Waals surface area contributed by atoms with Gasteiger partial charge in [0.05, 0.1) is 5.69 Å². The molecule has 2 N–H and O–H groups in total. The van der Waals surface area contributed by atoms with Gasteiger partial charge in [0, 0.05) is 12.2 Å². The monoisotopic (exact) mass is 270 g/mol. The molecule has 1 atom stereocenters. The van der Waals surface area contributed by atoms with Crippen LogP contribution in [0.3, 0.4) is 0 Å². The summed E-state index contributed by atoms with van der Waals surface area (Å²) < 4.78 is 6.02. The molecule has 1 unspecified atom stereocenters. The van der Waals surface area contributed by atoms with Gasteiger partial charge in [0.25, 0.3) is 0 Å². The number of nitrogens with two attached hydrogens (primary N) is 1. The van der Waals surface area contributed by atoms with Crippen LogP contribution in [-0.4, -0.2) is 11.0 Å². The largest absolute Gasteiger partial charge is 0.487 e. The molecule has 0 fully saturated rings. The summed E-state index contributed by atoms with van der Waals surface area (Å²) in [5, 5.41) is 0. The maximum absolute atomic E-state index is 6.02. The fourth-order valence-electron chi connectivity index (χ4n) is 2.24. The van der Waals surface area contributed by atoms with Gasteiger partial charge in [0.2, 0.25) is 0 Å². The molecule has 1 heterocycles. The molecule has 0 radical (unpaired) electrons. The lowest BCUT2D eigenvalue weighted by Crippen LogP contribution is -2.18. The summed E-state index contributed by atoms with van der Waals surface area (Å²) >= 11 is 0. The lowest BCUT2D eigenvalue weighted by Gasteiger charge is -2.16. The van der Waals surface area contributed by atoms with Crippen molar-refractivity contribution < 1.29 is 4.74 Å². The molecule has 0 aliphatic rings. The van der Waals surface area contributed by atoms with Gasteiger partial charge in [-0.25, -0.2) is 0 Å². The third-order valence-electron chi connectivity index (χ3n) is 3.31. The fourth-order valence-corrected chi connectivity index (χ4v) is 2.24. The van der Waals surface area contributed by atoms with Gasteiger partial charge in [-0.2, -0.15) is 0 Å². The number of ether oxygens (including phenoxy) is 1. The van der Waals surface area contributed by atoms with Crippen molar-refractivity contribution in [3.63, 3.8) is 0 Å². The Labute approximate surface area is 120 Å². The topological polar surface area (TPSA) is 48.1 Å². The first-order valence-corrected chi connectivity index (χ1v) is 6.95. The van der Waals surface area contributed by atoms with E-state index in [4.69, 9.17) is 10.5 Å². The average molecular weight is 270 g/mol. The van der Waals surface area contributed by atoms with Gasteiger partial charge in [-0.3, -0.25) is 4.98 Å². The van der Waals surface area contributed by atoms with Crippen molar-refractivity contribution in [2.45, 2.75) is 39.8 Å². The lowest BCUT2D eigenvalue weighted by molar-refractivity contribution is 0.294. The van der Waals surface area contributed by atoms with E-state index in [0.717, 1.165) is 34.6 Å². The van der Waals surface area contributed by atoms with Crippen molar-refractivity contribution in [2.24, 2.45) is 5.73 Å². The first kappa shape index (κ1) is 14.5. The molecule has 1 aromatic carbocycles. The first-order valence-electron chi connectivity index (χ1n) is 6.95. The van der Waals surface area contributed by atoms with Gasteiger partial charge >= 0.3 is 0 Å². The van der Waals surface area contributed by atoms with Crippen LogP contribution in [0.2, 0.25) is 0 Å². The number of hydrogen-bond acceptors (Lipinski definition) is 3. The third kappa shape index (κ3) is 3.58. The maximum Gasteiger partial charge on any atom is 0.130 e. The highest BCUT2D eigenvalue weighted by molar-refractivity contribution is 5.41. The van der Waals surface area contributed by atoms with E-state index in [-0.39, 0.29) is 6.04 Å². The van der Waals surface area contributed by atoms with Crippen LogP contribution < -0.4 is 10.5 Å². The Morgan fingerprint density at radius 3 is 2.60 bits per heavy atom. The quantitative estimate of drug-likeness (QED) is 0.907. The van der Waals surface area contributed by atoms with E-state index in [9.17, 15) is 0 Å². The molecule has 0 bridgehead atoms. The number of pyridine rings is 1. The van der Waals surface area contributed by atoms with Gasteiger partial charge in [0.15, 0.2) is 0 Å². The SMILES string of the molecule is Cc1cccnc1COc1c(C)cccc1CC(C)N. The van der Waals surface area contributed by atoms with Crippen molar-refractivity contribution >= 4 is 0 Å². The first-order chi connectivity index (χ1) is 9.58. The van der Waals surface area contributed by atoms with Crippen molar-refractivity contribution in [2.75, 3.05) is 0 Å². The normalized spacial score (nSPS) is 12.2. The minimum atomic E-state index is 0.121. The zero-order valence-corrected chi connectivity index (χ0v) is 12.4.